The van der Waals surface area contributed by atoms with Crippen LogP contribution in [0.3, 0.4) is 0 Å². The van der Waals surface area contributed by atoms with Gasteiger partial charge in [-0.05, 0) is 72.2 Å². The number of benzene rings is 5. The fraction of sp³-hybridized carbons (Fsp3) is 0.571. The zero-order valence-electron chi connectivity index (χ0n) is 71.3. The van der Waals surface area contributed by atoms with Gasteiger partial charge in [-0.2, -0.15) is 0 Å². The van der Waals surface area contributed by atoms with Crippen LogP contribution in [0, 0.1) is 0 Å². The molecule has 6 amide bonds. The summed E-state index contributed by atoms with van der Waals surface area (Å²) in [6.07, 6.45) is -71.9. The fourth-order valence-electron chi connectivity index (χ4n) is 16.1. The molecule has 0 radical (unpaired) electrons. The maximum Gasteiger partial charge on any atom is 0.275 e. The summed E-state index contributed by atoms with van der Waals surface area (Å²) in [5, 5.41) is 339. The molecule has 4 saturated heterocycles. The van der Waals surface area contributed by atoms with Crippen molar-refractivity contribution < 1.29 is 210 Å². The average molecular weight is 1880 g/mol. The minimum Gasteiger partial charge on any atom is -0.394 e. The molecule has 132 heavy (non-hydrogen) atoms. The monoisotopic (exact) mass is 1880 g/mol. The summed E-state index contributed by atoms with van der Waals surface area (Å²) in [5.74, 6) is -28.4. The minimum atomic E-state index is -4.72. The van der Waals surface area contributed by atoms with Gasteiger partial charge in [-0.25, -0.2) is 41.3 Å². The Morgan fingerprint density at radius 2 is 0.485 bits per heavy atom. The lowest BCUT2D eigenvalue weighted by molar-refractivity contribution is -0.494. The maximum atomic E-state index is 17.4. The Labute approximate surface area is 751 Å². The minimum absolute atomic E-state index is 0.280. The summed E-state index contributed by atoms with van der Waals surface area (Å²) in [5.41, 5.74) is -16.1. The van der Waals surface area contributed by atoms with Crippen LogP contribution in [0.1, 0.15) is 96.3 Å². The number of hydrogen-bond acceptors (Lipinski definition) is 42. The summed E-state index contributed by atoms with van der Waals surface area (Å²) in [6, 6.07) is 26.4. The molecule has 5 aromatic rings. The molecule has 4 aliphatic rings. The number of hydrogen-bond donors (Lipinski definition) is 32. The van der Waals surface area contributed by atoms with E-state index in [2.05, 4.69) is 0 Å². The van der Waals surface area contributed by atoms with Crippen molar-refractivity contribution in [1.82, 2.24) is 31.7 Å². The van der Waals surface area contributed by atoms with Crippen molar-refractivity contribution in [2.24, 2.45) is 0 Å². The third-order valence-corrected chi connectivity index (χ3v) is 23.9. The van der Waals surface area contributed by atoms with Gasteiger partial charge in [-0.15, -0.1) is 0 Å². The number of carbonyl (C=O) groups excluding carboxylic acids is 6. The molecule has 4 fully saturated rings. The smallest absolute Gasteiger partial charge is 0.275 e. The normalized spacial score (nSPS) is 33.0. The van der Waals surface area contributed by atoms with Gasteiger partial charge in [-0.3, -0.25) is 38.6 Å². The number of rotatable bonds is 42. The number of carbonyl (C=O) groups is 6. The largest absolute Gasteiger partial charge is 0.394 e. The lowest BCUT2D eigenvalue weighted by Crippen LogP contribution is -2.90. The zero-order chi connectivity index (χ0) is 97.9. The molecular formula is C84H116N6O42. The SMILES string of the molecule is CC[C@@H](O)[C@H](O)[C@H](O)C(=O)NO[C@@]1(Cc2ccccc2)O[C@H](CO)[C@@H](O)[C@H](O)[C@@]1(O)N(C(=O)c1ccc(C(=O)N([C@]2(O)[C@@H](O)[C@H](O)[C@@H](CO)O[C@]2(Cc2ccccc2)ONC(=O)[C@@H](O)[C@@H](O)[C@H](O)CC)[C@]2(O)[C@@H](O)[C@H](O)[C@@H](CO)O[C@]2(Cc2ccccc2)ONC(=O)[C@@H](O)[C@@H](O)[C@H](O)CC)cc1)[C@]1(O)[C@@H](O)[C@H](O)[C@@H](CO)O[C@]1(Cc1ccccc1)ONC(=O)[C@@H](O)[C@@H](O)[C@H](O)CC. The standard InChI is InChI=1S/C84H116N6O42/c1-5-47(95)55(99)63(107)71(115)85-129-77(33-41-21-13-9-14-22-41)81(121,67(111)59(103)51(37-91)125-77)89(82(122)68(112)60(104)52(38-92)126-78(82,34-42-23-15-10-16-24-42)130-86-72(116)64(108)56(100)48(96)6-2)75(119)45-29-31-46(32-30-45)76(120)90(83(123)69(113)61(105)53(39-93)127-79(83,35-43-25-17-11-18-26-43)131-87-73(117)65(109)57(101)49(97)7-3)84(124)70(114)62(106)54(40-94)128-80(84,36-44-27-19-12-20-28-44)132-88-74(118)66(110)58(102)50(98)8-4/h9-32,47-70,91-114,121-124H,5-8,33-40H2,1-4H3,(H,85,115)(H,86,116)(H,87,117)(H,88,118)/t47-,48-,49-,50-,51-,52-,53-,54-,55+,56+,57+,58+,59-,60-,61-,62-,63+,64+,65+,66+,67+,68+,69+,70+,77-,78-,79-,80-,81+,82+,83+,84+/m1/s1. The van der Waals surface area contributed by atoms with E-state index in [1.165, 1.54) is 100 Å². The third kappa shape index (κ3) is 20.5. The van der Waals surface area contributed by atoms with Crippen molar-refractivity contribution in [1.29, 1.82) is 0 Å². The molecule has 0 saturated carbocycles. The lowest BCUT2D eigenvalue weighted by Gasteiger charge is -2.65. The van der Waals surface area contributed by atoms with Crippen molar-refractivity contribution in [3.63, 3.8) is 0 Å². The molecule has 32 atom stereocenters. The van der Waals surface area contributed by atoms with E-state index < -0.39 is 301 Å². The van der Waals surface area contributed by atoms with Gasteiger partial charge in [0, 0.05) is 36.8 Å². The molecule has 0 bridgehead atoms. The van der Waals surface area contributed by atoms with Gasteiger partial charge in [0.2, 0.25) is 46.0 Å². The van der Waals surface area contributed by atoms with E-state index in [-0.39, 0.29) is 47.9 Å². The summed E-state index contributed by atoms with van der Waals surface area (Å²) < 4.78 is 25.0. The number of aliphatic hydroxyl groups excluding tert-OH is 24. The second kappa shape index (κ2) is 44.5. The van der Waals surface area contributed by atoms with Crippen molar-refractivity contribution in [3.05, 3.63) is 179 Å². The zero-order valence-corrected chi connectivity index (χ0v) is 71.3. The van der Waals surface area contributed by atoms with Crippen molar-refractivity contribution in [2.45, 2.75) is 272 Å². The molecule has 0 aromatic heterocycles. The molecule has 9 rings (SSSR count). The maximum absolute atomic E-state index is 17.4. The number of ether oxygens (including phenoxy) is 4. The van der Waals surface area contributed by atoms with Crippen LogP contribution in [-0.2, 0) is 83.2 Å². The van der Waals surface area contributed by atoms with E-state index >= 15 is 9.59 Å². The Morgan fingerprint density at radius 3 is 0.644 bits per heavy atom. The highest BCUT2D eigenvalue weighted by Gasteiger charge is 2.82. The molecule has 734 valence electrons. The molecule has 48 nitrogen and oxygen atoms in total. The van der Waals surface area contributed by atoms with Crippen LogP contribution < -0.4 is 21.9 Å². The summed E-state index contributed by atoms with van der Waals surface area (Å²) in [7, 11) is 0. The lowest BCUT2D eigenvalue weighted by atomic mass is 9.75. The van der Waals surface area contributed by atoms with Gasteiger partial charge < -0.3 is 162 Å². The van der Waals surface area contributed by atoms with Crippen LogP contribution in [0.15, 0.2) is 146 Å². The average Bonchev–Trinajstić information content (AvgIpc) is 0.678. The first kappa shape index (κ1) is 107. The molecule has 0 aliphatic carbocycles. The highest BCUT2D eigenvalue weighted by atomic mass is 16.8. The summed E-state index contributed by atoms with van der Waals surface area (Å²) in [4.78, 5) is 115. The van der Waals surface area contributed by atoms with E-state index in [0.29, 0.717) is 24.3 Å². The predicted octanol–water partition coefficient (Wildman–Crippen LogP) is -12.3. The summed E-state index contributed by atoms with van der Waals surface area (Å²) >= 11 is 0. The Balaban J connectivity index is 1.44. The first-order valence-electron chi connectivity index (χ1n) is 41.8. The van der Waals surface area contributed by atoms with Crippen LogP contribution >= 0.6 is 0 Å². The predicted molar refractivity (Wildman–Crippen MR) is 436 cm³/mol. The van der Waals surface area contributed by atoms with E-state index in [9.17, 15) is 162 Å². The topological polar surface area (TPSA) is 797 Å². The second-order valence-corrected chi connectivity index (χ2v) is 32.4. The van der Waals surface area contributed by atoms with Gasteiger partial charge in [-0.1, -0.05) is 149 Å². The van der Waals surface area contributed by atoms with Gasteiger partial charge in [0.15, 0.2) is 24.4 Å². The third-order valence-electron chi connectivity index (χ3n) is 23.9. The van der Waals surface area contributed by atoms with E-state index in [1.807, 2.05) is 0 Å². The van der Waals surface area contributed by atoms with Crippen molar-refractivity contribution in [3.8, 4) is 0 Å². The Morgan fingerprint density at radius 1 is 0.311 bits per heavy atom. The fourth-order valence-corrected chi connectivity index (χ4v) is 16.1. The van der Waals surface area contributed by atoms with Crippen molar-refractivity contribution >= 4 is 35.4 Å². The first-order chi connectivity index (χ1) is 62.3. The van der Waals surface area contributed by atoms with Crippen molar-refractivity contribution in [2.75, 3.05) is 26.4 Å². The van der Waals surface area contributed by atoms with E-state index in [4.69, 9.17) is 38.3 Å². The molecule has 5 aromatic carbocycles. The number of nitrogens with zero attached hydrogens (tertiary/aromatic N) is 2. The van der Waals surface area contributed by atoms with Crippen LogP contribution in [0.4, 0.5) is 0 Å². The number of nitrogens with one attached hydrogen (secondary N) is 4. The Bertz CT molecular complexity index is 4060. The van der Waals surface area contributed by atoms with Gasteiger partial charge >= 0.3 is 0 Å². The number of hydroxylamine groups is 4. The molecule has 4 heterocycles. The number of amides is 6. The first-order valence-corrected chi connectivity index (χ1v) is 41.8. The molecule has 48 heteroatoms. The van der Waals surface area contributed by atoms with Gasteiger partial charge in [0.25, 0.3) is 35.4 Å². The molecule has 4 aliphatic heterocycles. The molecule has 0 unspecified atom stereocenters. The highest BCUT2D eigenvalue weighted by Crippen LogP contribution is 2.56. The quantitative estimate of drug-likeness (QED) is 0.0127. The highest BCUT2D eigenvalue weighted by molar-refractivity contribution is 5.99. The van der Waals surface area contributed by atoms with Crippen LogP contribution in [-0.4, -0.2) is 407 Å². The Hall–Kier alpha value is -8.52. The molecule has 0 spiro atoms. The van der Waals surface area contributed by atoms with Gasteiger partial charge in [0.05, 0.1) is 50.8 Å². The van der Waals surface area contributed by atoms with E-state index in [0.717, 1.165) is 48.5 Å². The summed E-state index contributed by atoms with van der Waals surface area (Å²) in [6.45, 7) is -0.951. The van der Waals surface area contributed by atoms with Gasteiger partial charge in [0.1, 0.15) is 97.7 Å². The Kier molecular flexibility index (Phi) is 36.1. The molecule has 32 N–H and O–H groups in total. The van der Waals surface area contributed by atoms with Crippen LogP contribution in [0.2, 0.25) is 0 Å². The number of aliphatic hydroxyl groups is 28. The van der Waals surface area contributed by atoms with Crippen LogP contribution in [0.5, 0.6) is 0 Å². The van der Waals surface area contributed by atoms with E-state index in [1.54, 1.807) is 21.9 Å². The van der Waals surface area contributed by atoms with Crippen LogP contribution in [0.25, 0.3) is 0 Å². The second-order valence-electron chi connectivity index (χ2n) is 32.4. The molecular weight excluding hydrogens is 1760 g/mol.